The molecule has 0 saturated heterocycles. The Morgan fingerprint density at radius 1 is 1.44 bits per heavy atom. The SMILES string of the molecule is CC(C)(CCCl)CNC(=O)c1cc2sccc2s1. The van der Waals surface area contributed by atoms with Crippen molar-refractivity contribution in [1.29, 1.82) is 0 Å². The molecule has 2 heterocycles. The van der Waals surface area contributed by atoms with Crippen molar-refractivity contribution in [3.8, 4) is 0 Å². The molecule has 0 unspecified atom stereocenters. The summed E-state index contributed by atoms with van der Waals surface area (Å²) in [5.41, 5.74) is 0.0477. The third-order valence-electron chi connectivity index (χ3n) is 2.86. The maximum atomic E-state index is 12.0. The predicted molar refractivity (Wildman–Crippen MR) is 81.2 cm³/mol. The number of fused-ring (bicyclic) bond motifs is 1. The molecule has 2 rings (SSSR count). The number of carbonyl (C=O) groups is 1. The lowest BCUT2D eigenvalue weighted by Crippen LogP contribution is -2.33. The second-order valence-electron chi connectivity index (χ2n) is 5.05. The van der Waals surface area contributed by atoms with Crippen LogP contribution in [0.15, 0.2) is 17.5 Å². The molecule has 0 atom stereocenters. The van der Waals surface area contributed by atoms with Crippen LogP contribution in [-0.4, -0.2) is 18.3 Å². The summed E-state index contributed by atoms with van der Waals surface area (Å²) >= 11 is 8.97. The maximum Gasteiger partial charge on any atom is 0.261 e. The number of rotatable bonds is 5. The highest BCUT2D eigenvalue weighted by atomic mass is 35.5. The van der Waals surface area contributed by atoms with E-state index in [4.69, 9.17) is 11.6 Å². The Balaban J connectivity index is 1.98. The average Bonchev–Trinajstić information content (AvgIpc) is 2.85. The molecule has 0 aromatic carbocycles. The fourth-order valence-corrected chi connectivity index (χ4v) is 4.17. The van der Waals surface area contributed by atoms with Crippen LogP contribution in [0.2, 0.25) is 0 Å². The van der Waals surface area contributed by atoms with Gasteiger partial charge in [-0.3, -0.25) is 4.79 Å². The molecule has 0 saturated carbocycles. The molecule has 0 aliphatic heterocycles. The summed E-state index contributed by atoms with van der Waals surface area (Å²) in [5.74, 6) is 0.642. The molecule has 98 valence electrons. The van der Waals surface area contributed by atoms with E-state index in [9.17, 15) is 4.79 Å². The van der Waals surface area contributed by atoms with Crippen LogP contribution in [0.1, 0.15) is 29.9 Å². The minimum Gasteiger partial charge on any atom is -0.351 e. The Labute approximate surface area is 120 Å². The molecule has 1 N–H and O–H groups in total. The van der Waals surface area contributed by atoms with Gasteiger partial charge in [0.05, 0.1) is 4.88 Å². The van der Waals surface area contributed by atoms with Gasteiger partial charge in [-0.25, -0.2) is 0 Å². The standard InChI is InChI=1S/C13H16ClNOS2/c1-13(2,4-5-14)8-15-12(16)11-7-10-9(18-11)3-6-17-10/h3,6-7H,4-5,8H2,1-2H3,(H,15,16). The number of carbonyl (C=O) groups excluding carboxylic acids is 1. The molecule has 18 heavy (non-hydrogen) atoms. The summed E-state index contributed by atoms with van der Waals surface area (Å²) in [6.45, 7) is 4.88. The van der Waals surface area contributed by atoms with E-state index in [1.54, 1.807) is 22.7 Å². The van der Waals surface area contributed by atoms with Crippen molar-refractivity contribution in [1.82, 2.24) is 5.32 Å². The molecular weight excluding hydrogens is 286 g/mol. The van der Waals surface area contributed by atoms with Crippen LogP contribution < -0.4 is 5.32 Å². The third-order valence-corrected chi connectivity index (χ3v) is 5.14. The van der Waals surface area contributed by atoms with Crippen molar-refractivity contribution in [3.05, 3.63) is 22.4 Å². The molecule has 0 aliphatic rings. The summed E-state index contributed by atoms with van der Waals surface area (Å²) in [6.07, 6.45) is 0.897. The topological polar surface area (TPSA) is 29.1 Å². The highest BCUT2D eigenvalue weighted by Crippen LogP contribution is 2.30. The second-order valence-corrected chi connectivity index (χ2v) is 7.46. The van der Waals surface area contributed by atoms with E-state index >= 15 is 0 Å². The number of thiophene rings is 2. The predicted octanol–water partition coefficient (Wildman–Crippen LogP) is 4.35. The van der Waals surface area contributed by atoms with Crippen molar-refractivity contribution in [2.24, 2.45) is 5.41 Å². The van der Waals surface area contributed by atoms with Crippen LogP contribution in [0.3, 0.4) is 0 Å². The summed E-state index contributed by atoms with van der Waals surface area (Å²) in [4.78, 5) is 12.8. The first-order valence-electron chi connectivity index (χ1n) is 5.83. The molecule has 0 spiro atoms. The van der Waals surface area contributed by atoms with Crippen molar-refractivity contribution in [2.45, 2.75) is 20.3 Å². The molecule has 0 fully saturated rings. The lowest BCUT2D eigenvalue weighted by molar-refractivity contribution is 0.0940. The molecule has 1 amide bonds. The quantitative estimate of drug-likeness (QED) is 0.817. The largest absolute Gasteiger partial charge is 0.351 e. The average molecular weight is 302 g/mol. The maximum absolute atomic E-state index is 12.0. The van der Waals surface area contributed by atoms with Crippen molar-refractivity contribution in [2.75, 3.05) is 12.4 Å². The van der Waals surface area contributed by atoms with Crippen LogP contribution in [0, 0.1) is 5.41 Å². The van der Waals surface area contributed by atoms with Gasteiger partial charge in [-0.15, -0.1) is 34.3 Å². The van der Waals surface area contributed by atoms with Gasteiger partial charge in [-0.1, -0.05) is 13.8 Å². The zero-order valence-corrected chi connectivity index (χ0v) is 12.8. The van der Waals surface area contributed by atoms with Gasteiger partial charge in [0.2, 0.25) is 0 Å². The highest BCUT2D eigenvalue weighted by molar-refractivity contribution is 7.27. The second kappa shape index (κ2) is 5.59. The normalized spacial score (nSPS) is 11.9. The van der Waals surface area contributed by atoms with Crippen LogP contribution in [0.4, 0.5) is 0 Å². The minimum absolute atomic E-state index is 0.0195. The van der Waals surface area contributed by atoms with Crippen LogP contribution in [0.5, 0.6) is 0 Å². The molecule has 2 aromatic heterocycles. The van der Waals surface area contributed by atoms with Gasteiger partial charge in [0.1, 0.15) is 0 Å². The number of hydrogen-bond acceptors (Lipinski definition) is 3. The minimum atomic E-state index is 0.0195. The van der Waals surface area contributed by atoms with Gasteiger partial charge in [0.25, 0.3) is 5.91 Å². The smallest absolute Gasteiger partial charge is 0.261 e. The van der Waals surface area contributed by atoms with Crippen LogP contribution in [-0.2, 0) is 0 Å². The first-order valence-corrected chi connectivity index (χ1v) is 8.06. The summed E-state index contributed by atoms with van der Waals surface area (Å²) in [7, 11) is 0. The Hall–Kier alpha value is -0.580. The molecule has 2 nitrogen and oxygen atoms in total. The zero-order chi connectivity index (χ0) is 13.2. The van der Waals surface area contributed by atoms with E-state index in [2.05, 4.69) is 25.2 Å². The summed E-state index contributed by atoms with van der Waals surface area (Å²) < 4.78 is 2.37. The van der Waals surface area contributed by atoms with E-state index in [0.29, 0.717) is 12.4 Å². The molecule has 0 aliphatic carbocycles. The fraction of sp³-hybridized carbons (Fsp3) is 0.462. The van der Waals surface area contributed by atoms with Crippen molar-refractivity contribution < 1.29 is 4.79 Å². The van der Waals surface area contributed by atoms with Gasteiger partial charge in [0, 0.05) is 21.8 Å². The van der Waals surface area contributed by atoms with Crippen LogP contribution >= 0.6 is 34.3 Å². The van der Waals surface area contributed by atoms with E-state index in [1.807, 2.05) is 11.4 Å². The summed E-state index contributed by atoms with van der Waals surface area (Å²) in [5, 5.41) is 5.04. The van der Waals surface area contributed by atoms with Gasteiger partial charge in [0.15, 0.2) is 0 Å². The monoisotopic (exact) mass is 301 g/mol. The number of halogens is 1. The van der Waals surface area contributed by atoms with E-state index < -0.39 is 0 Å². The molecule has 0 radical (unpaired) electrons. The first-order chi connectivity index (χ1) is 8.52. The third kappa shape index (κ3) is 3.25. The Bertz CT molecular complexity index is 515. The van der Waals surface area contributed by atoms with Gasteiger partial charge >= 0.3 is 0 Å². The van der Waals surface area contributed by atoms with Crippen LogP contribution in [0.25, 0.3) is 9.40 Å². The lowest BCUT2D eigenvalue weighted by atomic mass is 9.90. The number of hydrogen-bond donors (Lipinski definition) is 1. The molecule has 2 aromatic rings. The molecule has 0 bridgehead atoms. The van der Waals surface area contributed by atoms with E-state index in [-0.39, 0.29) is 11.3 Å². The number of nitrogens with one attached hydrogen (secondary N) is 1. The molecule has 5 heteroatoms. The van der Waals surface area contributed by atoms with Crippen molar-refractivity contribution >= 4 is 49.6 Å². The van der Waals surface area contributed by atoms with E-state index in [1.165, 1.54) is 9.40 Å². The van der Waals surface area contributed by atoms with Crippen molar-refractivity contribution in [3.63, 3.8) is 0 Å². The zero-order valence-electron chi connectivity index (χ0n) is 10.5. The number of alkyl halides is 1. The van der Waals surface area contributed by atoms with E-state index in [0.717, 1.165) is 11.3 Å². The number of amides is 1. The van der Waals surface area contributed by atoms with Gasteiger partial charge < -0.3 is 5.32 Å². The molecular formula is C13H16ClNOS2. The Kier molecular flexibility index (Phi) is 4.30. The van der Waals surface area contributed by atoms with Gasteiger partial charge in [-0.05, 0) is 29.3 Å². The van der Waals surface area contributed by atoms with Gasteiger partial charge in [-0.2, -0.15) is 0 Å². The highest BCUT2D eigenvalue weighted by Gasteiger charge is 2.19. The Morgan fingerprint density at radius 3 is 2.89 bits per heavy atom. The first kappa shape index (κ1) is 13.8. The lowest BCUT2D eigenvalue weighted by Gasteiger charge is -2.23. The Morgan fingerprint density at radius 2 is 2.22 bits per heavy atom. The summed E-state index contributed by atoms with van der Waals surface area (Å²) in [6, 6.07) is 4.02. The fourth-order valence-electron chi connectivity index (χ4n) is 1.63.